The Kier molecular flexibility index (Phi) is 6.40. The van der Waals surface area contributed by atoms with Crippen LogP contribution in [0.1, 0.15) is 58.3 Å². The van der Waals surface area contributed by atoms with E-state index in [1.54, 1.807) is 0 Å². The van der Waals surface area contributed by atoms with E-state index in [4.69, 9.17) is 5.11 Å². The van der Waals surface area contributed by atoms with Gasteiger partial charge in [0, 0.05) is 30.6 Å². The van der Waals surface area contributed by atoms with Gasteiger partial charge < -0.3 is 20.4 Å². The summed E-state index contributed by atoms with van der Waals surface area (Å²) in [6, 6.07) is 0.541. The van der Waals surface area contributed by atoms with Crippen molar-refractivity contribution in [3.8, 4) is 0 Å². The number of nitrogens with one attached hydrogen (secondary N) is 1. The first-order chi connectivity index (χ1) is 12.5. The van der Waals surface area contributed by atoms with E-state index < -0.39 is 5.97 Å². The van der Waals surface area contributed by atoms with Gasteiger partial charge in [0.2, 0.25) is 0 Å². The molecule has 3 atom stereocenters. The largest absolute Gasteiger partial charge is 0.480 e. The molecule has 3 rings (SSSR count). The zero-order valence-electron chi connectivity index (χ0n) is 15.8. The molecule has 2 amide bonds. The van der Waals surface area contributed by atoms with Gasteiger partial charge in [-0.15, -0.1) is 0 Å². The summed E-state index contributed by atoms with van der Waals surface area (Å²) in [5.74, 6) is -0.581. The van der Waals surface area contributed by atoms with Gasteiger partial charge in [0.15, 0.2) is 0 Å². The number of carbonyl (C=O) groups excluding carboxylic acids is 1. The van der Waals surface area contributed by atoms with E-state index in [1.807, 2.05) is 16.7 Å². The lowest BCUT2D eigenvalue weighted by Gasteiger charge is -2.43. The van der Waals surface area contributed by atoms with Gasteiger partial charge in [0.1, 0.15) is 0 Å². The first-order valence-electron chi connectivity index (χ1n) is 10.2. The Morgan fingerprint density at radius 3 is 2.54 bits per heavy atom. The number of aliphatic hydroxyl groups is 1. The van der Waals surface area contributed by atoms with E-state index in [0.29, 0.717) is 6.54 Å². The van der Waals surface area contributed by atoms with Crippen molar-refractivity contribution < 1.29 is 19.8 Å². The molecule has 7 heteroatoms. The Morgan fingerprint density at radius 1 is 1.15 bits per heavy atom. The molecule has 2 saturated carbocycles. The molecule has 0 bridgehead atoms. The summed E-state index contributed by atoms with van der Waals surface area (Å²) in [6.07, 6.45) is 7.47. The van der Waals surface area contributed by atoms with Crippen molar-refractivity contribution in [2.24, 2.45) is 5.92 Å². The molecule has 1 aliphatic heterocycles. The third-order valence-corrected chi connectivity index (χ3v) is 6.54. The lowest BCUT2D eigenvalue weighted by atomic mass is 9.80. The molecule has 3 fully saturated rings. The van der Waals surface area contributed by atoms with Crippen LogP contribution in [-0.4, -0.2) is 75.9 Å². The minimum Gasteiger partial charge on any atom is -0.480 e. The van der Waals surface area contributed by atoms with Crippen molar-refractivity contribution in [3.63, 3.8) is 0 Å². The molecule has 0 radical (unpaired) electrons. The number of urea groups is 1. The summed E-state index contributed by atoms with van der Waals surface area (Å²) in [5, 5.41) is 22.5. The highest BCUT2D eigenvalue weighted by Gasteiger charge is 2.41. The number of carboxylic acids is 1. The molecule has 148 valence electrons. The van der Waals surface area contributed by atoms with Gasteiger partial charge in [-0.3, -0.25) is 9.69 Å². The number of amides is 2. The summed E-state index contributed by atoms with van der Waals surface area (Å²) in [5.41, 5.74) is 0. The molecule has 3 unspecified atom stereocenters. The second kappa shape index (κ2) is 8.57. The van der Waals surface area contributed by atoms with Crippen molar-refractivity contribution in [1.29, 1.82) is 0 Å². The normalized spacial score (nSPS) is 34.6. The summed E-state index contributed by atoms with van der Waals surface area (Å²) in [4.78, 5) is 27.6. The van der Waals surface area contributed by atoms with E-state index in [1.165, 1.54) is 0 Å². The van der Waals surface area contributed by atoms with Crippen molar-refractivity contribution in [3.05, 3.63) is 0 Å². The fraction of sp³-hybridized carbons (Fsp3) is 0.895. The maximum absolute atomic E-state index is 12.8. The van der Waals surface area contributed by atoms with Crippen LogP contribution in [0.2, 0.25) is 0 Å². The Balaban J connectivity index is 1.48. The van der Waals surface area contributed by atoms with Gasteiger partial charge in [0.25, 0.3) is 0 Å². The second-order valence-electron chi connectivity index (χ2n) is 8.15. The lowest BCUT2D eigenvalue weighted by Crippen LogP contribution is -2.58. The number of aliphatic carboxylic acids is 1. The first kappa shape index (κ1) is 19.4. The Hall–Kier alpha value is -1.34. The first-order valence-corrected chi connectivity index (χ1v) is 10.2. The smallest absolute Gasteiger partial charge is 0.317 e. The third-order valence-electron chi connectivity index (χ3n) is 6.54. The van der Waals surface area contributed by atoms with Crippen molar-refractivity contribution in [1.82, 2.24) is 15.1 Å². The highest BCUT2D eigenvalue weighted by molar-refractivity contribution is 5.75. The maximum atomic E-state index is 12.8. The molecule has 3 N–H and O–H groups in total. The Bertz CT molecular complexity index is 509. The molecule has 0 spiro atoms. The van der Waals surface area contributed by atoms with Crippen LogP contribution < -0.4 is 5.32 Å². The van der Waals surface area contributed by atoms with Crippen LogP contribution in [0.15, 0.2) is 0 Å². The average molecular weight is 367 g/mol. The number of rotatable bonds is 6. The van der Waals surface area contributed by atoms with Crippen molar-refractivity contribution in [2.45, 2.75) is 82.5 Å². The number of nitrogens with zero attached hydrogens (tertiary/aromatic N) is 2. The average Bonchev–Trinajstić information content (AvgIpc) is 3.05. The highest BCUT2D eigenvalue weighted by Crippen LogP contribution is 2.35. The molecule has 1 heterocycles. The third kappa shape index (κ3) is 4.31. The van der Waals surface area contributed by atoms with E-state index in [9.17, 15) is 14.7 Å². The number of aliphatic hydroxyl groups excluding tert-OH is 1. The summed E-state index contributed by atoms with van der Waals surface area (Å²) in [7, 11) is 0. The number of hydrogen-bond donors (Lipinski definition) is 3. The molecular formula is C19H33N3O4. The van der Waals surface area contributed by atoms with Gasteiger partial charge >= 0.3 is 12.0 Å². The quantitative estimate of drug-likeness (QED) is 0.664. The highest BCUT2D eigenvalue weighted by atomic mass is 16.4. The topological polar surface area (TPSA) is 93.1 Å². The lowest BCUT2D eigenvalue weighted by molar-refractivity contribution is -0.139. The van der Waals surface area contributed by atoms with Crippen molar-refractivity contribution >= 4 is 12.0 Å². The van der Waals surface area contributed by atoms with Gasteiger partial charge in [-0.25, -0.2) is 4.79 Å². The molecule has 7 nitrogen and oxygen atoms in total. The summed E-state index contributed by atoms with van der Waals surface area (Å²) < 4.78 is 0. The number of carbonyl (C=O) groups is 2. The number of hydrogen-bond acceptors (Lipinski definition) is 4. The molecular weight excluding hydrogens is 334 g/mol. The zero-order chi connectivity index (χ0) is 18.7. The van der Waals surface area contributed by atoms with Gasteiger partial charge in [0.05, 0.1) is 12.6 Å². The Labute approximate surface area is 155 Å². The SMILES string of the molecule is CCN(CC(=O)O)C1CC(NC(=O)N2CCCC2C2CCCCC2O)C1. The molecule has 1 saturated heterocycles. The van der Waals surface area contributed by atoms with Crippen LogP contribution in [0.3, 0.4) is 0 Å². The summed E-state index contributed by atoms with van der Waals surface area (Å²) >= 11 is 0. The number of likely N-dealkylation sites (tertiary alicyclic amines) is 1. The monoisotopic (exact) mass is 367 g/mol. The summed E-state index contributed by atoms with van der Waals surface area (Å²) in [6.45, 7) is 3.52. The van der Waals surface area contributed by atoms with E-state index in [0.717, 1.165) is 57.9 Å². The zero-order valence-corrected chi connectivity index (χ0v) is 15.8. The van der Waals surface area contributed by atoms with Crippen LogP contribution in [0, 0.1) is 5.92 Å². The molecule has 0 aromatic rings. The molecule has 3 aliphatic rings. The van der Waals surface area contributed by atoms with Crippen LogP contribution in [0.4, 0.5) is 4.79 Å². The number of carboxylic acid groups (broad SMARTS) is 1. The standard InChI is InChI=1S/C19H33N3O4/c1-2-21(12-18(24)25)14-10-13(11-14)20-19(26)22-9-5-7-16(22)15-6-3-4-8-17(15)23/h13-17,23H,2-12H2,1H3,(H,20,26)(H,24,25). The van der Waals surface area contributed by atoms with E-state index >= 15 is 0 Å². The van der Waals surface area contributed by atoms with Crippen LogP contribution >= 0.6 is 0 Å². The van der Waals surface area contributed by atoms with Gasteiger partial charge in [-0.2, -0.15) is 0 Å². The second-order valence-corrected chi connectivity index (χ2v) is 8.15. The van der Waals surface area contributed by atoms with E-state index in [2.05, 4.69) is 5.32 Å². The molecule has 26 heavy (non-hydrogen) atoms. The van der Waals surface area contributed by atoms with Crippen LogP contribution in [0.5, 0.6) is 0 Å². The predicted octanol–water partition coefficient (Wildman–Crippen LogP) is 1.65. The molecule has 0 aromatic heterocycles. The fourth-order valence-electron chi connectivity index (χ4n) is 5.01. The van der Waals surface area contributed by atoms with E-state index in [-0.39, 0.29) is 42.7 Å². The predicted molar refractivity (Wildman–Crippen MR) is 97.9 cm³/mol. The maximum Gasteiger partial charge on any atom is 0.317 e. The van der Waals surface area contributed by atoms with Gasteiger partial charge in [-0.05, 0) is 45.1 Å². The Morgan fingerprint density at radius 2 is 1.88 bits per heavy atom. The van der Waals surface area contributed by atoms with Crippen LogP contribution in [0.25, 0.3) is 0 Å². The molecule has 2 aliphatic carbocycles. The minimum atomic E-state index is -0.801. The number of likely N-dealkylation sites (N-methyl/N-ethyl adjacent to an activating group) is 1. The van der Waals surface area contributed by atoms with Crippen molar-refractivity contribution in [2.75, 3.05) is 19.6 Å². The molecule has 0 aromatic carbocycles. The van der Waals surface area contributed by atoms with Crippen LogP contribution in [-0.2, 0) is 4.79 Å². The fourth-order valence-corrected chi connectivity index (χ4v) is 5.01. The van der Waals surface area contributed by atoms with Gasteiger partial charge in [-0.1, -0.05) is 19.8 Å². The minimum absolute atomic E-state index is 0.00462.